The Hall–Kier alpha value is -1.47. The molecular formula is C14H18O6. The van der Waals surface area contributed by atoms with Crippen LogP contribution in [0.4, 0.5) is 0 Å². The Morgan fingerprint density at radius 1 is 1.20 bits per heavy atom. The number of methoxy groups -OCH3 is 1. The molecule has 1 aromatic carbocycles. The number of esters is 1. The number of carbonyl (C=O) groups is 1. The smallest absolute Gasteiger partial charge is 0.338 e. The minimum atomic E-state index is -1.25. The molecule has 6 nitrogen and oxygen atoms in total. The van der Waals surface area contributed by atoms with Crippen LogP contribution < -0.4 is 0 Å². The maximum atomic E-state index is 12.0. The predicted octanol–water partition coefficient (Wildman–Crippen LogP) is 0.325. The Balaban J connectivity index is 2.11. The fourth-order valence-electron chi connectivity index (χ4n) is 2.10. The minimum absolute atomic E-state index is 0.347. The van der Waals surface area contributed by atoms with E-state index in [0.717, 1.165) is 0 Å². The molecule has 5 atom stereocenters. The zero-order valence-corrected chi connectivity index (χ0v) is 11.3. The summed E-state index contributed by atoms with van der Waals surface area (Å²) in [5.74, 6) is -0.613. The van der Waals surface area contributed by atoms with Gasteiger partial charge in [-0.3, -0.25) is 0 Å². The van der Waals surface area contributed by atoms with Gasteiger partial charge >= 0.3 is 5.97 Å². The van der Waals surface area contributed by atoms with Gasteiger partial charge in [0.05, 0.1) is 11.7 Å². The van der Waals surface area contributed by atoms with Crippen molar-refractivity contribution in [3.8, 4) is 0 Å². The summed E-state index contributed by atoms with van der Waals surface area (Å²) in [6, 6.07) is 8.37. The van der Waals surface area contributed by atoms with Crippen molar-refractivity contribution in [3.05, 3.63) is 35.9 Å². The Labute approximate surface area is 116 Å². The lowest BCUT2D eigenvalue weighted by atomic mass is 9.99. The highest BCUT2D eigenvalue weighted by Crippen LogP contribution is 2.24. The van der Waals surface area contributed by atoms with Crippen molar-refractivity contribution in [2.24, 2.45) is 0 Å². The van der Waals surface area contributed by atoms with Crippen LogP contribution >= 0.6 is 0 Å². The SMILES string of the molecule is CO[C@@H]1O[C@@H](C)[C@H](O)[C@@H](OC(=O)c2ccccc2)[C@H]1O. The van der Waals surface area contributed by atoms with E-state index in [1.807, 2.05) is 0 Å². The Morgan fingerprint density at radius 3 is 2.45 bits per heavy atom. The topological polar surface area (TPSA) is 85.2 Å². The zero-order chi connectivity index (χ0) is 14.7. The Bertz CT molecular complexity index is 448. The molecule has 1 fully saturated rings. The van der Waals surface area contributed by atoms with Gasteiger partial charge < -0.3 is 24.4 Å². The zero-order valence-electron chi connectivity index (χ0n) is 11.3. The molecule has 1 aliphatic heterocycles. The monoisotopic (exact) mass is 282 g/mol. The summed E-state index contributed by atoms with van der Waals surface area (Å²) < 4.78 is 15.4. The molecule has 1 aromatic rings. The van der Waals surface area contributed by atoms with Crippen LogP contribution in [-0.2, 0) is 14.2 Å². The maximum absolute atomic E-state index is 12.0. The van der Waals surface area contributed by atoms with Gasteiger partial charge in [0.1, 0.15) is 12.2 Å². The van der Waals surface area contributed by atoms with Crippen LogP contribution in [0.2, 0.25) is 0 Å². The number of aliphatic hydroxyl groups is 2. The summed E-state index contributed by atoms with van der Waals surface area (Å²) in [7, 11) is 1.37. The standard InChI is InChI=1S/C14H18O6/c1-8-10(15)12(11(16)14(18-2)19-8)20-13(17)9-6-4-3-5-7-9/h3-8,10-12,14-16H,1-2H3/t8-,10-,11+,12+,14+/m0/s1. The van der Waals surface area contributed by atoms with Crippen molar-refractivity contribution in [2.75, 3.05) is 7.11 Å². The van der Waals surface area contributed by atoms with Crippen LogP contribution in [0.25, 0.3) is 0 Å². The van der Waals surface area contributed by atoms with E-state index < -0.39 is 36.7 Å². The van der Waals surface area contributed by atoms with E-state index in [0.29, 0.717) is 5.56 Å². The molecule has 2 rings (SSSR count). The number of carbonyl (C=O) groups excluding carboxylic acids is 1. The minimum Gasteiger partial charge on any atom is -0.453 e. The van der Waals surface area contributed by atoms with Gasteiger partial charge in [0.2, 0.25) is 0 Å². The van der Waals surface area contributed by atoms with Gasteiger partial charge in [-0.2, -0.15) is 0 Å². The van der Waals surface area contributed by atoms with Crippen molar-refractivity contribution >= 4 is 5.97 Å². The first kappa shape index (κ1) is 14.9. The summed E-state index contributed by atoms with van der Waals surface area (Å²) in [5.41, 5.74) is 0.347. The van der Waals surface area contributed by atoms with Crippen LogP contribution in [0.5, 0.6) is 0 Å². The molecule has 0 saturated carbocycles. The normalized spacial score (nSPS) is 33.7. The van der Waals surface area contributed by atoms with Crippen molar-refractivity contribution in [3.63, 3.8) is 0 Å². The second-order valence-corrected chi connectivity index (χ2v) is 4.66. The largest absolute Gasteiger partial charge is 0.453 e. The fraction of sp³-hybridized carbons (Fsp3) is 0.500. The summed E-state index contributed by atoms with van der Waals surface area (Å²) in [6.45, 7) is 1.62. The molecule has 0 radical (unpaired) electrons. The second-order valence-electron chi connectivity index (χ2n) is 4.66. The number of ether oxygens (including phenoxy) is 3. The molecule has 2 N–H and O–H groups in total. The summed E-state index contributed by atoms with van der Waals surface area (Å²) in [5, 5.41) is 20.0. The number of hydrogen-bond donors (Lipinski definition) is 2. The summed E-state index contributed by atoms with van der Waals surface area (Å²) in [6.07, 6.45) is -5.03. The van der Waals surface area contributed by atoms with Gasteiger partial charge in [0.15, 0.2) is 12.4 Å². The van der Waals surface area contributed by atoms with Gasteiger partial charge in [-0.25, -0.2) is 4.79 Å². The van der Waals surface area contributed by atoms with Crippen molar-refractivity contribution in [1.82, 2.24) is 0 Å². The summed E-state index contributed by atoms with van der Waals surface area (Å²) >= 11 is 0. The molecule has 1 heterocycles. The van der Waals surface area contributed by atoms with Gasteiger partial charge in [0.25, 0.3) is 0 Å². The van der Waals surface area contributed by atoms with E-state index in [2.05, 4.69) is 0 Å². The number of hydrogen-bond acceptors (Lipinski definition) is 6. The quantitative estimate of drug-likeness (QED) is 0.777. The Kier molecular flexibility index (Phi) is 4.72. The second kappa shape index (κ2) is 6.32. The molecule has 0 bridgehead atoms. The first-order valence-electron chi connectivity index (χ1n) is 6.35. The lowest BCUT2D eigenvalue weighted by molar-refractivity contribution is -0.285. The third-order valence-corrected chi connectivity index (χ3v) is 3.27. The van der Waals surface area contributed by atoms with E-state index in [4.69, 9.17) is 14.2 Å². The average Bonchev–Trinajstić information content (AvgIpc) is 2.48. The fourth-order valence-corrected chi connectivity index (χ4v) is 2.10. The van der Waals surface area contributed by atoms with Crippen LogP contribution in [-0.4, -0.2) is 54.0 Å². The van der Waals surface area contributed by atoms with Crippen molar-refractivity contribution in [1.29, 1.82) is 0 Å². The molecule has 0 spiro atoms. The molecule has 0 amide bonds. The lowest BCUT2D eigenvalue weighted by Crippen LogP contribution is -2.58. The average molecular weight is 282 g/mol. The van der Waals surface area contributed by atoms with E-state index in [1.165, 1.54) is 7.11 Å². The molecule has 6 heteroatoms. The number of benzene rings is 1. The first-order chi connectivity index (χ1) is 9.54. The molecule has 0 aliphatic carbocycles. The molecule has 0 unspecified atom stereocenters. The van der Waals surface area contributed by atoms with Gasteiger partial charge in [0, 0.05) is 7.11 Å². The van der Waals surface area contributed by atoms with Crippen molar-refractivity contribution in [2.45, 2.75) is 37.6 Å². The Morgan fingerprint density at radius 2 is 1.85 bits per heavy atom. The number of rotatable bonds is 3. The molecule has 1 saturated heterocycles. The third kappa shape index (κ3) is 2.99. The maximum Gasteiger partial charge on any atom is 0.338 e. The van der Waals surface area contributed by atoms with E-state index in [9.17, 15) is 15.0 Å². The van der Waals surface area contributed by atoms with Crippen LogP contribution in [0.1, 0.15) is 17.3 Å². The molecule has 0 aromatic heterocycles. The van der Waals surface area contributed by atoms with Gasteiger partial charge in [-0.05, 0) is 19.1 Å². The molecule has 110 valence electrons. The highest BCUT2D eigenvalue weighted by molar-refractivity contribution is 5.89. The predicted molar refractivity (Wildman–Crippen MR) is 69.0 cm³/mol. The third-order valence-electron chi connectivity index (χ3n) is 3.27. The molecule has 1 aliphatic rings. The van der Waals surface area contributed by atoms with Gasteiger partial charge in [-0.15, -0.1) is 0 Å². The van der Waals surface area contributed by atoms with E-state index >= 15 is 0 Å². The lowest BCUT2D eigenvalue weighted by Gasteiger charge is -2.40. The van der Waals surface area contributed by atoms with Crippen LogP contribution in [0.3, 0.4) is 0 Å². The van der Waals surface area contributed by atoms with Crippen LogP contribution in [0, 0.1) is 0 Å². The summed E-state index contributed by atoms with van der Waals surface area (Å²) in [4.78, 5) is 12.0. The van der Waals surface area contributed by atoms with E-state index in [-0.39, 0.29) is 0 Å². The first-order valence-corrected chi connectivity index (χ1v) is 6.35. The molecular weight excluding hydrogens is 264 g/mol. The van der Waals surface area contributed by atoms with Crippen molar-refractivity contribution < 1.29 is 29.2 Å². The number of aliphatic hydroxyl groups excluding tert-OH is 2. The van der Waals surface area contributed by atoms with Gasteiger partial charge in [-0.1, -0.05) is 18.2 Å². The van der Waals surface area contributed by atoms with E-state index in [1.54, 1.807) is 37.3 Å². The molecule has 20 heavy (non-hydrogen) atoms. The highest BCUT2D eigenvalue weighted by Gasteiger charge is 2.45. The van der Waals surface area contributed by atoms with Crippen LogP contribution in [0.15, 0.2) is 30.3 Å². The highest BCUT2D eigenvalue weighted by atomic mass is 16.7.